The van der Waals surface area contributed by atoms with Gasteiger partial charge in [0.05, 0.1) is 0 Å². The highest BCUT2D eigenvalue weighted by Crippen LogP contribution is 2.36. The third-order valence-electron chi connectivity index (χ3n) is 3.37. The number of rotatable bonds is 5. The summed E-state index contributed by atoms with van der Waals surface area (Å²) in [5, 5.41) is 14.8. The molecule has 0 saturated heterocycles. The van der Waals surface area contributed by atoms with E-state index in [1.807, 2.05) is 0 Å². The predicted octanol–water partition coefficient (Wildman–Crippen LogP) is 1.67. The molecule has 1 fully saturated rings. The molecule has 5 heteroatoms. The number of nitrogens with zero attached hydrogens (tertiary/aromatic N) is 1. The number of hydrogen-bond donors (Lipinski definition) is 3. The lowest BCUT2D eigenvalue weighted by Crippen LogP contribution is -2.18. The highest BCUT2D eigenvalue weighted by molar-refractivity contribution is 5.97. The standard InChI is InChI=1S/C13H18FN3O/c1-8-2-11(8)7-16-6-9-3-10(13(15)17-18)5-12(14)4-9/h3-5,8,11,16,18H,2,6-7H2,1H3,(H2,15,17). The zero-order valence-electron chi connectivity index (χ0n) is 10.4. The normalized spacial score (nSPS) is 23.1. The van der Waals surface area contributed by atoms with Gasteiger partial charge in [0.1, 0.15) is 5.82 Å². The molecular weight excluding hydrogens is 233 g/mol. The summed E-state index contributed by atoms with van der Waals surface area (Å²) >= 11 is 0. The molecule has 0 aliphatic heterocycles. The Bertz CT molecular complexity index is 462. The van der Waals surface area contributed by atoms with Crippen molar-refractivity contribution in [1.82, 2.24) is 5.32 Å². The van der Waals surface area contributed by atoms with Gasteiger partial charge in [0.25, 0.3) is 0 Å². The van der Waals surface area contributed by atoms with E-state index < -0.39 is 0 Å². The zero-order valence-corrected chi connectivity index (χ0v) is 10.4. The second kappa shape index (κ2) is 5.35. The Morgan fingerprint density at radius 3 is 2.89 bits per heavy atom. The predicted molar refractivity (Wildman–Crippen MR) is 67.9 cm³/mol. The minimum Gasteiger partial charge on any atom is -0.409 e. The summed E-state index contributed by atoms with van der Waals surface area (Å²) in [7, 11) is 0. The third kappa shape index (κ3) is 3.20. The van der Waals surface area contributed by atoms with Gasteiger partial charge in [-0.3, -0.25) is 0 Å². The van der Waals surface area contributed by atoms with Gasteiger partial charge >= 0.3 is 0 Å². The van der Waals surface area contributed by atoms with Gasteiger partial charge in [-0.2, -0.15) is 0 Å². The average molecular weight is 251 g/mol. The van der Waals surface area contributed by atoms with E-state index in [2.05, 4.69) is 17.4 Å². The van der Waals surface area contributed by atoms with Crippen LogP contribution in [0.1, 0.15) is 24.5 Å². The van der Waals surface area contributed by atoms with Gasteiger partial charge in [0, 0.05) is 12.1 Å². The number of oxime groups is 1. The van der Waals surface area contributed by atoms with E-state index in [1.165, 1.54) is 18.6 Å². The molecule has 1 saturated carbocycles. The van der Waals surface area contributed by atoms with E-state index in [1.54, 1.807) is 6.07 Å². The lowest BCUT2D eigenvalue weighted by Gasteiger charge is -2.07. The molecule has 0 amide bonds. The van der Waals surface area contributed by atoms with Crippen molar-refractivity contribution in [1.29, 1.82) is 0 Å². The minimum atomic E-state index is -0.379. The summed E-state index contributed by atoms with van der Waals surface area (Å²) in [6.45, 7) is 3.77. The van der Waals surface area contributed by atoms with Crippen molar-refractivity contribution in [2.75, 3.05) is 6.54 Å². The second-order valence-corrected chi connectivity index (χ2v) is 4.94. The van der Waals surface area contributed by atoms with Crippen LogP contribution in [0.25, 0.3) is 0 Å². The van der Waals surface area contributed by atoms with E-state index in [9.17, 15) is 4.39 Å². The Kier molecular flexibility index (Phi) is 3.81. The molecule has 4 nitrogen and oxygen atoms in total. The van der Waals surface area contributed by atoms with Crippen LogP contribution >= 0.6 is 0 Å². The van der Waals surface area contributed by atoms with Crippen LogP contribution in [-0.4, -0.2) is 17.6 Å². The molecule has 0 aromatic heterocycles. The average Bonchev–Trinajstić information content (AvgIpc) is 3.03. The van der Waals surface area contributed by atoms with Crippen molar-refractivity contribution in [3.63, 3.8) is 0 Å². The topological polar surface area (TPSA) is 70.6 Å². The smallest absolute Gasteiger partial charge is 0.170 e. The van der Waals surface area contributed by atoms with Crippen LogP contribution in [0.5, 0.6) is 0 Å². The molecule has 1 aliphatic rings. The van der Waals surface area contributed by atoms with E-state index in [0.29, 0.717) is 12.1 Å². The summed E-state index contributed by atoms with van der Waals surface area (Å²) < 4.78 is 13.4. The number of amidine groups is 1. The van der Waals surface area contributed by atoms with Gasteiger partial charge in [-0.05, 0) is 48.6 Å². The monoisotopic (exact) mass is 251 g/mol. The number of nitrogens with two attached hydrogens (primary N) is 1. The first-order valence-electron chi connectivity index (χ1n) is 6.08. The van der Waals surface area contributed by atoms with Gasteiger partial charge in [0.2, 0.25) is 0 Å². The van der Waals surface area contributed by atoms with Crippen LogP contribution in [0.4, 0.5) is 4.39 Å². The summed E-state index contributed by atoms with van der Waals surface area (Å²) in [4.78, 5) is 0. The molecule has 2 rings (SSSR count). The fourth-order valence-electron chi connectivity index (χ4n) is 2.04. The van der Waals surface area contributed by atoms with Crippen molar-refractivity contribution in [3.8, 4) is 0 Å². The van der Waals surface area contributed by atoms with E-state index >= 15 is 0 Å². The maximum Gasteiger partial charge on any atom is 0.170 e. The largest absolute Gasteiger partial charge is 0.409 e. The molecule has 1 aromatic rings. The van der Waals surface area contributed by atoms with Crippen LogP contribution in [0.2, 0.25) is 0 Å². The molecule has 0 spiro atoms. The van der Waals surface area contributed by atoms with Crippen molar-refractivity contribution in [2.45, 2.75) is 19.9 Å². The first-order chi connectivity index (χ1) is 8.60. The Hall–Kier alpha value is -1.62. The maximum absolute atomic E-state index is 13.4. The van der Waals surface area contributed by atoms with Crippen molar-refractivity contribution in [2.24, 2.45) is 22.7 Å². The molecular formula is C13H18FN3O. The Morgan fingerprint density at radius 1 is 1.56 bits per heavy atom. The van der Waals surface area contributed by atoms with Crippen molar-refractivity contribution < 1.29 is 9.60 Å². The van der Waals surface area contributed by atoms with Gasteiger partial charge < -0.3 is 16.3 Å². The molecule has 0 radical (unpaired) electrons. The molecule has 0 heterocycles. The van der Waals surface area contributed by atoms with E-state index in [4.69, 9.17) is 10.9 Å². The molecule has 18 heavy (non-hydrogen) atoms. The molecule has 1 aromatic carbocycles. The highest BCUT2D eigenvalue weighted by Gasteiger charge is 2.31. The van der Waals surface area contributed by atoms with Crippen molar-refractivity contribution in [3.05, 3.63) is 35.1 Å². The maximum atomic E-state index is 13.4. The van der Waals surface area contributed by atoms with Crippen LogP contribution < -0.4 is 11.1 Å². The fourth-order valence-corrected chi connectivity index (χ4v) is 2.04. The summed E-state index contributed by atoms with van der Waals surface area (Å²) in [6.07, 6.45) is 1.27. The lowest BCUT2D eigenvalue weighted by molar-refractivity contribution is 0.318. The number of benzene rings is 1. The fraction of sp³-hybridized carbons (Fsp3) is 0.462. The first-order valence-corrected chi connectivity index (χ1v) is 6.08. The first kappa shape index (κ1) is 12.8. The second-order valence-electron chi connectivity index (χ2n) is 4.94. The van der Waals surface area contributed by atoms with E-state index in [-0.39, 0.29) is 11.7 Å². The van der Waals surface area contributed by atoms with E-state index in [0.717, 1.165) is 23.9 Å². The third-order valence-corrected chi connectivity index (χ3v) is 3.37. The van der Waals surface area contributed by atoms with Gasteiger partial charge in [-0.1, -0.05) is 12.1 Å². The Balaban J connectivity index is 1.96. The number of hydrogen-bond acceptors (Lipinski definition) is 3. The van der Waals surface area contributed by atoms with Crippen LogP contribution in [0.15, 0.2) is 23.4 Å². The quantitative estimate of drug-likeness (QED) is 0.322. The molecule has 2 unspecified atom stereocenters. The molecule has 98 valence electrons. The Morgan fingerprint density at radius 2 is 2.28 bits per heavy atom. The highest BCUT2D eigenvalue weighted by atomic mass is 19.1. The molecule has 4 N–H and O–H groups in total. The molecule has 1 aliphatic carbocycles. The zero-order chi connectivity index (χ0) is 13.1. The molecule has 2 atom stereocenters. The van der Waals surface area contributed by atoms with Crippen LogP contribution in [0, 0.1) is 17.7 Å². The van der Waals surface area contributed by atoms with Gasteiger partial charge in [0.15, 0.2) is 5.84 Å². The summed E-state index contributed by atoms with van der Waals surface area (Å²) in [6, 6.07) is 4.43. The number of nitrogens with one attached hydrogen (secondary N) is 1. The Labute approximate surface area is 106 Å². The minimum absolute atomic E-state index is 0.0773. The molecule has 0 bridgehead atoms. The summed E-state index contributed by atoms with van der Waals surface area (Å²) in [5.74, 6) is 1.10. The lowest BCUT2D eigenvalue weighted by atomic mass is 10.1. The van der Waals surface area contributed by atoms with Crippen LogP contribution in [-0.2, 0) is 6.54 Å². The van der Waals surface area contributed by atoms with Gasteiger partial charge in [-0.15, -0.1) is 0 Å². The SMILES string of the molecule is CC1CC1CNCc1cc(F)cc(/C(N)=N/O)c1. The summed E-state index contributed by atoms with van der Waals surface area (Å²) in [5.41, 5.74) is 6.64. The number of halogens is 1. The van der Waals surface area contributed by atoms with Gasteiger partial charge in [-0.25, -0.2) is 4.39 Å². The van der Waals surface area contributed by atoms with Crippen LogP contribution in [0.3, 0.4) is 0 Å². The van der Waals surface area contributed by atoms with Crippen molar-refractivity contribution >= 4 is 5.84 Å².